The molecule has 0 saturated carbocycles. The molecule has 17 heavy (non-hydrogen) atoms. The van der Waals surface area contributed by atoms with Crippen LogP contribution in [0.25, 0.3) is 0 Å². The van der Waals surface area contributed by atoms with Crippen LogP contribution in [-0.4, -0.2) is 36.1 Å². The summed E-state index contributed by atoms with van der Waals surface area (Å²) in [6.07, 6.45) is 3.89. The van der Waals surface area contributed by atoms with Gasteiger partial charge >= 0.3 is 0 Å². The highest BCUT2D eigenvalue weighted by Crippen LogP contribution is 2.15. The highest BCUT2D eigenvalue weighted by Gasteiger charge is 2.17. The van der Waals surface area contributed by atoms with E-state index in [1.54, 1.807) is 11.3 Å². The molecule has 1 fully saturated rings. The quantitative estimate of drug-likeness (QED) is 0.843. The van der Waals surface area contributed by atoms with Crippen LogP contribution in [0.2, 0.25) is 0 Å². The van der Waals surface area contributed by atoms with Gasteiger partial charge in [0, 0.05) is 18.5 Å². The Hall–Kier alpha value is -0.450. The maximum Gasteiger partial charge on any atom is 0.0795 e. The summed E-state index contributed by atoms with van der Waals surface area (Å²) < 4.78 is 0. The van der Waals surface area contributed by atoms with Crippen molar-refractivity contribution < 1.29 is 0 Å². The minimum absolute atomic E-state index is 0.876. The van der Waals surface area contributed by atoms with Crippen molar-refractivity contribution in [3.05, 3.63) is 16.6 Å². The van der Waals surface area contributed by atoms with Crippen LogP contribution in [-0.2, 0) is 6.54 Å². The van der Waals surface area contributed by atoms with Gasteiger partial charge in [-0.3, -0.25) is 4.90 Å². The van der Waals surface area contributed by atoms with E-state index in [0.29, 0.717) is 0 Å². The van der Waals surface area contributed by atoms with Crippen LogP contribution in [0.15, 0.2) is 10.9 Å². The van der Waals surface area contributed by atoms with Gasteiger partial charge in [0.1, 0.15) is 0 Å². The number of aromatic nitrogens is 1. The molecule has 1 aliphatic rings. The number of nitrogens with zero attached hydrogens (tertiary/aromatic N) is 2. The Morgan fingerprint density at radius 3 is 2.94 bits per heavy atom. The average molecular weight is 253 g/mol. The Morgan fingerprint density at radius 2 is 2.29 bits per heavy atom. The molecule has 96 valence electrons. The molecular formula is C13H23N3S. The Morgan fingerprint density at radius 1 is 1.47 bits per heavy atom. The van der Waals surface area contributed by atoms with E-state index in [4.69, 9.17) is 0 Å². The highest BCUT2D eigenvalue weighted by molar-refractivity contribution is 7.07. The van der Waals surface area contributed by atoms with E-state index in [0.717, 1.165) is 12.5 Å². The van der Waals surface area contributed by atoms with Crippen LogP contribution >= 0.6 is 11.3 Å². The normalized spacial score (nSPS) is 17.8. The summed E-state index contributed by atoms with van der Waals surface area (Å²) in [5.74, 6) is 0.876. The number of nitrogens with one attached hydrogen (secondary N) is 1. The van der Waals surface area contributed by atoms with Crippen molar-refractivity contribution in [2.45, 2.75) is 32.7 Å². The molecule has 1 aromatic heterocycles. The average Bonchev–Trinajstić information content (AvgIpc) is 2.83. The number of thiazole rings is 1. The second-order valence-electron chi connectivity index (χ2n) is 4.91. The zero-order valence-corrected chi connectivity index (χ0v) is 11.5. The highest BCUT2D eigenvalue weighted by atomic mass is 32.1. The van der Waals surface area contributed by atoms with Crippen LogP contribution in [0, 0.1) is 5.92 Å². The molecule has 0 amide bonds. The van der Waals surface area contributed by atoms with Gasteiger partial charge in [0.2, 0.25) is 0 Å². The predicted molar refractivity (Wildman–Crippen MR) is 73.3 cm³/mol. The molecule has 1 aromatic rings. The van der Waals surface area contributed by atoms with Crippen LogP contribution in [0.1, 0.15) is 31.9 Å². The Balaban J connectivity index is 1.83. The SMILES string of the molecule is CCCN(Cc1cscn1)CC1CCNCC1. The molecule has 0 spiro atoms. The number of piperidine rings is 1. The molecular weight excluding hydrogens is 230 g/mol. The molecule has 0 aliphatic carbocycles. The summed E-state index contributed by atoms with van der Waals surface area (Å²) in [4.78, 5) is 6.97. The molecule has 3 nitrogen and oxygen atoms in total. The third kappa shape index (κ3) is 4.37. The van der Waals surface area contributed by atoms with Crippen molar-refractivity contribution in [3.63, 3.8) is 0 Å². The first-order valence-electron chi connectivity index (χ1n) is 6.68. The minimum Gasteiger partial charge on any atom is -0.317 e. The number of hydrogen-bond donors (Lipinski definition) is 1. The van der Waals surface area contributed by atoms with Crippen molar-refractivity contribution >= 4 is 11.3 Å². The molecule has 0 radical (unpaired) electrons. The smallest absolute Gasteiger partial charge is 0.0795 e. The summed E-state index contributed by atoms with van der Waals surface area (Å²) in [6.45, 7) is 8.12. The van der Waals surface area contributed by atoms with Crippen molar-refractivity contribution in [1.82, 2.24) is 15.2 Å². The Bertz CT molecular complexity index is 294. The second kappa shape index (κ2) is 7.09. The zero-order chi connectivity index (χ0) is 11.9. The molecule has 2 rings (SSSR count). The molecule has 1 saturated heterocycles. The molecule has 0 bridgehead atoms. The van der Waals surface area contributed by atoms with Crippen LogP contribution in [0.4, 0.5) is 0 Å². The van der Waals surface area contributed by atoms with Crippen molar-refractivity contribution in [2.75, 3.05) is 26.2 Å². The van der Waals surface area contributed by atoms with Crippen molar-refractivity contribution in [3.8, 4) is 0 Å². The summed E-state index contributed by atoms with van der Waals surface area (Å²) in [6, 6.07) is 0. The fraction of sp³-hybridized carbons (Fsp3) is 0.769. The third-order valence-electron chi connectivity index (χ3n) is 3.38. The molecule has 4 heteroatoms. The van der Waals surface area contributed by atoms with Gasteiger partial charge in [-0.15, -0.1) is 11.3 Å². The van der Waals surface area contributed by atoms with Crippen LogP contribution in [0.5, 0.6) is 0 Å². The molecule has 2 heterocycles. The summed E-state index contributed by atoms with van der Waals surface area (Å²) >= 11 is 1.70. The predicted octanol–water partition coefficient (Wildman–Crippen LogP) is 2.35. The minimum atomic E-state index is 0.876. The number of hydrogen-bond acceptors (Lipinski definition) is 4. The fourth-order valence-electron chi connectivity index (χ4n) is 2.53. The van der Waals surface area contributed by atoms with E-state index >= 15 is 0 Å². The maximum atomic E-state index is 4.40. The van der Waals surface area contributed by atoms with Crippen LogP contribution in [0.3, 0.4) is 0 Å². The lowest BCUT2D eigenvalue weighted by Crippen LogP contribution is -2.36. The monoisotopic (exact) mass is 253 g/mol. The third-order valence-corrected chi connectivity index (χ3v) is 4.02. The van der Waals surface area contributed by atoms with E-state index in [9.17, 15) is 0 Å². The summed E-state index contributed by atoms with van der Waals surface area (Å²) in [7, 11) is 0. The zero-order valence-electron chi connectivity index (χ0n) is 10.7. The van der Waals surface area contributed by atoms with E-state index in [-0.39, 0.29) is 0 Å². The molecule has 0 unspecified atom stereocenters. The van der Waals surface area contributed by atoms with Crippen molar-refractivity contribution in [2.24, 2.45) is 5.92 Å². The van der Waals surface area contributed by atoms with E-state index in [1.165, 1.54) is 51.1 Å². The van der Waals surface area contributed by atoms with Gasteiger partial charge in [0.25, 0.3) is 0 Å². The summed E-state index contributed by atoms with van der Waals surface area (Å²) in [5, 5.41) is 5.61. The van der Waals surface area contributed by atoms with Gasteiger partial charge in [-0.1, -0.05) is 6.92 Å². The van der Waals surface area contributed by atoms with Gasteiger partial charge < -0.3 is 5.32 Å². The number of rotatable bonds is 6. The summed E-state index contributed by atoms with van der Waals surface area (Å²) in [5.41, 5.74) is 3.17. The van der Waals surface area contributed by atoms with E-state index in [1.807, 2.05) is 5.51 Å². The van der Waals surface area contributed by atoms with E-state index < -0.39 is 0 Å². The maximum absolute atomic E-state index is 4.40. The molecule has 0 aromatic carbocycles. The second-order valence-corrected chi connectivity index (χ2v) is 5.63. The first kappa shape index (κ1) is 13.0. The van der Waals surface area contributed by atoms with E-state index in [2.05, 4.69) is 27.5 Å². The molecule has 1 N–H and O–H groups in total. The largest absolute Gasteiger partial charge is 0.317 e. The lowest BCUT2D eigenvalue weighted by atomic mass is 9.97. The first-order chi connectivity index (χ1) is 8.38. The standard InChI is InChI=1S/C13H23N3S/c1-2-7-16(9-13-10-17-11-15-13)8-12-3-5-14-6-4-12/h10-12,14H,2-9H2,1H3. The first-order valence-corrected chi connectivity index (χ1v) is 7.63. The van der Waals surface area contributed by atoms with Gasteiger partial charge in [-0.05, 0) is 44.8 Å². The van der Waals surface area contributed by atoms with Gasteiger partial charge in [0.05, 0.1) is 11.2 Å². The fourth-order valence-corrected chi connectivity index (χ4v) is 3.07. The Kier molecular flexibility index (Phi) is 5.42. The lowest BCUT2D eigenvalue weighted by molar-refractivity contribution is 0.197. The Labute approximate surface area is 108 Å². The molecule has 1 aliphatic heterocycles. The van der Waals surface area contributed by atoms with Crippen molar-refractivity contribution in [1.29, 1.82) is 0 Å². The van der Waals surface area contributed by atoms with Gasteiger partial charge in [-0.2, -0.15) is 0 Å². The van der Waals surface area contributed by atoms with Gasteiger partial charge in [0.15, 0.2) is 0 Å². The topological polar surface area (TPSA) is 28.2 Å². The van der Waals surface area contributed by atoms with Gasteiger partial charge in [-0.25, -0.2) is 4.98 Å². The lowest BCUT2D eigenvalue weighted by Gasteiger charge is -2.29. The molecule has 0 atom stereocenters. The van der Waals surface area contributed by atoms with Crippen LogP contribution < -0.4 is 5.32 Å².